The summed E-state index contributed by atoms with van der Waals surface area (Å²) in [6.07, 6.45) is -4.47. The molecule has 0 aliphatic rings. The average Bonchev–Trinajstić information content (AvgIpc) is 2.76. The normalized spacial score (nSPS) is 13.4. The van der Waals surface area contributed by atoms with Crippen molar-refractivity contribution in [2.45, 2.75) is 18.8 Å². The van der Waals surface area contributed by atoms with Gasteiger partial charge in [-0.15, -0.1) is 11.3 Å². The fourth-order valence-electron chi connectivity index (χ4n) is 1.33. The number of halogens is 3. The molecule has 1 unspecified atom stereocenters. The van der Waals surface area contributed by atoms with Gasteiger partial charge in [0, 0.05) is 19.5 Å². The molecule has 1 atom stereocenters. The second kappa shape index (κ2) is 6.31. The third-order valence-electron chi connectivity index (χ3n) is 2.25. The molecule has 1 amide bonds. The Morgan fingerprint density at radius 3 is 2.74 bits per heavy atom. The quantitative estimate of drug-likeness (QED) is 0.883. The van der Waals surface area contributed by atoms with Crippen molar-refractivity contribution in [3.05, 3.63) is 16.1 Å². The van der Waals surface area contributed by atoms with E-state index in [4.69, 9.17) is 10.5 Å². The average molecular weight is 297 g/mol. The molecular weight excluding hydrogens is 283 g/mol. The molecule has 1 heterocycles. The lowest BCUT2D eigenvalue weighted by molar-refractivity contribution is -0.140. The predicted molar refractivity (Wildman–Crippen MR) is 63.4 cm³/mol. The summed E-state index contributed by atoms with van der Waals surface area (Å²) in [5.41, 5.74) is 4.59. The van der Waals surface area contributed by atoms with Crippen LogP contribution in [0.15, 0.2) is 5.38 Å². The van der Waals surface area contributed by atoms with Gasteiger partial charge in [0.1, 0.15) is 11.0 Å². The number of carbonyl (C=O) groups excluding carboxylic acids is 1. The number of rotatable bonds is 5. The van der Waals surface area contributed by atoms with E-state index in [1.165, 1.54) is 19.1 Å². The zero-order valence-corrected chi connectivity index (χ0v) is 11.2. The Hall–Kier alpha value is -1.19. The summed E-state index contributed by atoms with van der Waals surface area (Å²) in [4.78, 5) is 16.4. The maximum absolute atomic E-state index is 12.4. The minimum atomic E-state index is -4.47. The summed E-state index contributed by atoms with van der Waals surface area (Å²) in [5, 5.41) is 1.12. The summed E-state index contributed by atoms with van der Waals surface area (Å²) < 4.78 is 41.8. The molecule has 0 spiro atoms. The van der Waals surface area contributed by atoms with Crippen molar-refractivity contribution >= 4 is 17.2 Å². The number of alkyl halides is 3. The van der Waals surface area contributed by atoms with Gasteiger partial charge >= 0.3 is 6.18 Å². The highest BCUT2D eigenvalue weighted by Gasteiger charge is 2.33. The van der Waals surface area contributed by atoms with Crippen LogP contribution < -0.4 is 5.73 Å². The molecule has 0 saturated heterocycles. The first-order valence-corrected chi connectivity index (χ1v) is 6.14. The van der Waals surface area contributed by atoms with Crippen molar-refractivity contribution in [1.82, 2.24) is 9.88 Å². The van der Waals surface area contributed by atoms with Crippen LogP contribution in [-0.2, 0) is 22.3 Å². The number of hydrogen-bond acceptors (Lipinski definition) is 5. The number of carbonyl (C=O) groups is 1. The van der Waals surface area contributed by atoms with E-state index >= 15 is 0 Å². The highest BCUT2D eigenvalue weighted by molar-refractivity contribution is 7.09. The minimum absolute atomic E-state index is 0.0169. The molecule has 0 aliphatic carbocycles. The van der Waals surface area contributed by atoms with Gasteiger partial charge in [-0.25, -0.2) is 4.98 Å². The standard InChI is InChI=1S/C10H14F3N3O2S/c1-16(9(17)6(14)4-18-2)3-8-15-7(5-19-8)10(11,12)13/h5-6H,3-4,14H2,1-2H3. The first-order chi connectivity index (χ1) is 8.75. The van der Waals surface area contributed by atoms with Gasteiger partial charge in [-0.2, -0.15) is 13.2 Å². The smallest absolute Gasteiger partial charge is 0.383 e. The van der Waals surface area contributed by atoms with Crippen molar-refractivity contribution < 1.29 is 22.7 Å². The van der Waals surface area contributed by atoms with Crippen LogP contribution in [0.5, 0.6) is 0 Å². The summed E-state index contributed by atoms with van der Waals surface area (Å²) in [7, 11) is 2.86. The molecule has 0 fully saturated rings. The minimum Gasteiger partial charge on any atom is -0.383 e. The molecular formula is C10H14F3N3O2S. The van der Waals surface area contributed by atoms with E-state index in [2.05, 4.69) is 4.98 Å². The molecule has 2 N–H and O–H groups in total. The maximum atomic E-state index is 12.4. The predicted octanol–water partition coefficient (Wildman–Crippen LogP) is 1.09. The van der Waals surface area contributed by atoms with E-state index in [1.54, 1.807) is 0 Å². The molecule has 1 rings (SSSR count). The van der Waals surface area contributed by atoms with Gasteiger partial charge in [0.15, 0.2) is 5.69 Å². The maximum Gasteiger partial charge on any atom is 0.434 e. The molecule has 0 aliphatic heterocycles. The van der Waals surface area contributed by atoms with Crippen LogP contribution in [0.4, 0.5) is 13.2 Å². The number of nitrogens with zero attached hydrogens (tertiary/aromatic N) is 2. The van der Waals surface area contributed by atoms with Crippen LogP contribution in [0, 0.1) is 0 Å². The first kappa shape index (κ1) is 15.9. The van der Waals surface area contributed by atoms with E-state index in [-0.39, 0.29) is 18.2 Å². The Morgan fingerprint density at radius 1 is 1.63 bits per heavy atom. The summed E-state index contributed by atoms with van der Waals surface area (Å²) in [6.45, 7) is 0.0336. The molecule has 108 valence electrons. The number of hydrogen-bond donors (Lipinski definition) is 1. The van der Waals surface area contributed by atoms with Crippen molar-refractivity contribution in [2.24, 2.45) is 5.73 Å². The van der Waals surface area contributed by atoms with E-state index in [0.717, 1.165) is 16.7 Å². The number of nitrogens with two attached hydrogens (primary N) is 1. The van der Waals surface area contributed by atoms with Gasteiger partial charge in [0.25, 0.3) is 0 Å². The molecule has 1 aromatic rings. The summed E-state index contributed by atoms with van der Waals surface area (Å²) in [6, 6.07) is -0.836. The lowest BCUT2D eigenvalue weighted by atomic mass is 10.3. The second-order valence-corrected chi connectivity index (χ2v) is 4.82. The lowest BCUT2D eigenvalue weighted by Gasteiger charge is -2.19. The number of thiazole rings is 1. The number of aromatic nitrogens is 1. The molecule has 0 bridgehead atoms. The first-order valence-electron chi connectivity index (χ1n) is 5.26. The van der Waals surface area contributed by atoms with Crippen molar-refractivity contribution in [1.29, 1.82) is 0 Å². The highest BCUT2D eigenvalue weighted by Crippen LogP contribution is 2.30. The monoisotopic (exact) mass is 297 g/mol. The molecule has 19 heavy (non-hydrogen) atoms. The molecule has 5 nitrogen and oxygen atoms in total. The van der Waals surface area contributed by atoms with Crippen molar-refractivity contribution in [3.8, 4) is 0 Å². The van der Waals surface area contributed by atoms with Crippen LogP contribution in [-0.4, -0.2) is 42.6 Å². The van der Waals surface area contributed by atoms with E-state index in [9.17, 15) is 18.0 Å². The Kier molecular flexibility index (Phi) is 5.27. The zero-order chi connectivity index (χ0) is 14.6. The number of likely N-dealkylation sites (N-methyl/N-ethyl adjacent to an activating group) is 1. The Balaban J connectivity index is 2.64. The Morgan fingerprint density at radius 2 is 2.26 bits per heavy atom. The fourth-order valence-corrected chi connectivity index (χ4v) is 2.18. The van der Waals surface area contributed by atoms with Gasteiger partial charge < -0.3 is 15.4 Å². The van der Waals surface area contributed by atoms with Gasteiger partial charge in [-0.3, -0.25) is 4.79 Å². The number of methoxy groups -OCH3 is 1. The topological polar surface area (TPSA) is 68.5 Å². The van der Waals surface area contributed by atoms with Gasteiger partial charge in [-0.1, -0.05) is 0 Å². The van der Waals surface area contributed by atoms with Crippen molar-refractivity contribution in [2.75, 3.05) is 20.8 Å². The van der Waals surface area contributed by atoms with Gasteiger partial charge in [0.05, 0.1) is 13.2 Å². The Bertz CT molecular complexity index is 436. The summed E-state index contributed by atoms with van der Waals surface area (Å²) in [5.74, 6) is -0.411. The van der Waals surface area contributed by atoms with Gasteiger partial charge in [0.2, 0.25) is 5.91 Å². The molecule has 0 radical (unpaired) electrons. The Labute approximate surface area is 112 Å². The summed E-state index contributed by atoms with van der Waals surface area (Å²) >= 11 is 0.850. The lowest BCUT2D eigenvalue weighted by Crippen LogP contribution is -2.44. The molecule has 1 aromatic heterocycles. The molecule has 9 heteroatoms. The van der Waals surface area contributed by atoms with Crippen LogP contribution in [0.25, 0.3) is 0 Å². The highest BCUT2D eigenvalue weighted by atomic mass is 32.1. The zero-order valence-electron chi connectivity index (χ0n) is 10.4. The molecule has 0 aromatic carbocycles. The van der Waals surface area contributed by atoms with Crippen molar-refractivity contribution in [3.63, 3.8) is 0 Å². The second-order valence-electron chi connectivity index (χ2n) is 3.88. The third-order valence-corrected chi connectivity index (χ3v) is 3.09. The van der Waals surface area contributed by atoms with Gasteiger partial charge in [-0.05, 0) is 0 Å². The van der Waals surface area contributed by atoms with E-state index in [1.807, 2.05) is 0 Å². The largest absolute Gasteiger partial charge is 0.434 e. The number of amides is 1. The van der Waals surface area contributed by atoms with Crippen LogP contribution in [0.1, 0.15) is 10.7 Å². The van der Waals surface area contributed by atoms with E-state index in [0.29, 0.717) is 0 Å². The fraction of sp³-hybridized carbons (Fsp3) is 0.600. The van der Waals surface area contributed by atoms with Crippen LogP contribution in [0.2, 0.25) is 0 Å². The van der Waals surface area contributed by atoms with E-state index < -0.39 is 23.8 Å². The van der Waals surface area contributed by atoms with Crippen LogP contribution >= 0.6 is 11.3 Å². The number of ether oxygens (including phenoxy) is 1. The third kappa shape index (κ3) is 4.44. The SMILES string of the molecule is COCC(N)C(=O)N(C)Cc1nc(C(F)(F)F)cs1. The molecule has 0 saturated carbocycles. The van der Waals surface area contributed by atoms with Crippen LogP contribution in [0.3, 0.4) is 0 Å².